The normalized spacial score (nSPS) is 10.7. The van der Waals surface area contributed by atoms with E-state index in [1.807, 2.05) is 48.5 Å². The predicted octanol–water partition coefficient (Wildman–Crippen LogP) is 5.57. The van der Waals surface area contributed by atoms with Gasteiger partial charge in [0.05, 0.1) is 7.11 Å². The van der Waals surface area contributed by atoms with E-state index in [9.17, 15) is 0 Å². The van der Waals surface area contributed by atoms with Gasteiger partial charge in [-0.15, -0.1) is 0 Å². The molecular weight excluding hydrogens is 370 g/mol. The number of methoxy groups -OCH3 is 1. The summed E-state index contributed by atoms with van der Waals surface area (Å²) in [6, 6.07) is 22.1. The van der Waals surface area contributed by atoms with Crippen LogP contribution in [0.5, 0.6) is 11.5 Å². The van der Waals surface area contributed by atoms with Crippen LogP contribution in [-0.2, 0) is 19.6 Å². The predicted molar refractivity (Wildman–Crippen MR) is 115 cm³/mol. The smallest absolute Gasteiger partial charge is 0.124 e. The van der Waals surface area contributed by atoms with Gasteiger partial charge in [0, 0.05) is 17.1 Å². The fraction of sp³-hybridized carbons (Fsp3) is 0.250. The lowest BCUT2D eigenvalue weighted by Crippen LogP contribution is -2.17. The second-order valence-electron chi connectivity index (χ2n) is 6.71. The molecule has 0 saturated carbocycles. The van der Waals surface area contributed by atoms with Gasteiger partial charge in [0.25, 0.3) is 0 Å². The molecule has 0 radical (unpaired) electrons. The molecule has 4 heteroatoms. The number of para-hydroxylation sites is 1. The Morgan fingerprint density at radius 3 is 2.39 bits per heavy atom. The second kappa shape index (κ2) is 10.2. The molecule has 0 aromatic heterocycles. The Morgan fingerprint density at radius 1 is 0.857 bits per heavy atom. The van der Waals surface area contributed by atoms with Gasteiger partial charge in [-0.1, -0.05) is 54.1 Å². The summed E-state index contributed by atoms with van der Waals surface area (Å²) < 4.78 is 11.5. The fourth-order valence-electron chi connectivity index (χ4n) is 3.11. The van der Waals surface area contributed by atoms with Gasteiger partial charge in [-0.05, 0) is 60.8 Å². The fourth-order valence-corrected chi connectivity index (χ4v) is 3.30. The van der Waals surface area contributed by atoms with Crippen LogP contribution in [0.25, 0.3) is 0 Å². The van der Waals surface area contributed by atoms with Crippen molar-refractivity contribution in [2.45, 2.75) is 26.5 Å². The summed E-state index contributed by atoms with van der Waals surface area (Å²) >= 11 is 6.21. The number of halogens is 1. The van der Waals surface area contributed by atoms with Gasteiger partial charge in [-0.3, -0.25) is 0 Å². The molecule has 0 aliphatic rings. The molecule has 0 heterocycles. The molecule has 0 amide bonds. The van der Waals surface area contributed by atoms with Gasteiger partial charge in [-0.25, -0.2) is 0 Å². The van der Waals surface area contributed by atoms with Gasteiger partial charge in [0.2, 0.25) is 0 Å². The van der Waals surface area contributed by atoms with Crippen molar-refractivity contribution in [2.75, 3.05) is 13.7 Å². The van der Waals surface area contributed by atoms with Gasteiger partial charge in [0.15, 0.2) is 0 Å². The number of ether oxygens (including phenoxy) is 2. The SMILES string of the molecule is COc1ccccc1CCNCc1cc(Cl)ccc1OCc1ccccc1C. The standard InChI is InChI=1S/C24H26ClNO2/c1-18-7-3-4-9-20(18)17-28-24-12-11-22(25)15-21(24)16-26-14-13-19-8-5-6-10-23(19)27-2/h3-12,15,26H,13-14,16-17H2,1-2H3. The molecule has 3 nitrogen and oxygen atoms in total. The van der Waals surface area contributed by atoms with Crippen LogP contribution in [0, 0.1) is 6.92 Å². The maximum Gasteiger partial charge on any atom is 0.124 e. The first-order valence-corrected chi connectivity index (χ1v) is 9.83. The van der Waals surface area contributed by atoms with Crippen molar-refractivity contribution in [3.8, 4) is 11.5 Å². The van der Waals surface area contributed by atoms with Crippen LogP contribution in [-0.4, -0.2) is 13.7 Å². The molecule has 3 rings (SSSR count). The van der Waals surface area contributed by atoms with Gasteiger partial charge >= 0.3 is 0 Å². The topological polar surface area (TPSA) is 30.5 Å². The molecular formula is C24H26ClNO2. The van der Waals surface area contributed by atoms with Crippen LogP contribution in [0.2, 0.25) is 5.02 Å². The van der Waals surface area contributed by atoms with E-state index in [0.29, 0.717) is 18.2 Å². The Morgan fingerprint density at radius 2 is 1.61 bits per heavy atom. The summed E-state index contributed by atoms with van der Waals surface area (Å²) in [4.78, 5) is 0. The third kappa shape index (κ3) is 5.51. The largest absolute Gasteiger partial charge is 0.496 e. The Balaban J connectivity index is 1.59. The van der Waals surface area contributed by atoms with Crippen LogP contribution in [0.1, 0.15) is 22.3 Å². The first-order chi connectivity index (χ1) is 13.7. The zero-order chi connectivity index (χ0) is 19.8. The molecule has 146 valence electrons. The van der Waals surface area contributed by atoms with Crippen LogP contribution in [0.4, 0.5) is 0 Å². The molecule has 0 bridgehead atoms. The lowest BCUT2D eigenvalue weighted by atomic mass is 10.1. The van der Waals surface area contributed by atoms with Crippen molar-refractivity contribution in [1.29, 1.82) is 0 Å². The van der Waals surface area contributed by atoms with Crippen molar-refractivity contribution in [2.24, 2.45) is 0 Å². The highest BCUT2D eigenvalue weighted by Crippen LogP contribution is 2.24. The molecule has 0 aliphatic carbocycles. The first-order valence-electron chi connectivity index (χ1n) is 9.45. The Kier molecular flexibility index (Phi) is 7.35. The summed E-state index contributed by atoms with van der Waals surface area (Å²) in [6.07, 6.45) is 0.893. The van der Waals surface area contributed by atoms with E-state index in [4.69, 9.17) is 21.1 Å². The van der Waals surface area contributed by atoms with E-state index in [0.717, 1.165) is 30.0 Å². The molecule has 0 fully saturated rings. The summed E-state index contributed by atoms with van der Waals surface area (Å²) in [5.41, 5.74) is 4.67. The molecule has 0 spiro atoms. The number of nitrogens with one attached hydrogen (secondary N) is 1. The number of hydrogen-bond donors (Lipinski definition) is 1. The molecule has 0 aliphatic heterocycles. The molecule has 1 N–H and O–H groups in total. The average molecular weight is 396 g/mol. The number of rotatable bonds is 9. The minimum atomic E-state index is 0.544. The quantitative estimate of drug-likeness (QED) is 0.480. The van der Waals surface area contributed by atoms with Crippen molar-refractivity contribution in [3.05, 3.63) is 94.0 Å². The third-order valence-corrected chi connectivity index (χ3v) is 4.98. The Hall–Kier alpha value is -2.49. The molecule has 3 aromatic rings. The van der Waals surface area contributed by atoms with Gasteiger partial charge in [0.1, 0.15) is 18.1 Å². The monoisotopic (exact) mass is 395 g/mol. The second-order valence-corrected chi connectivity index (χ2v) is 7.14. The molecule has 28 heavy (non-hydrogen) atoms. The van der Waals surface area contributed by atoms with Crippen LogP contribution in [0.3, 0.4) is 0 Å². The third-order valence-electron chi connectivity index (χ3n) is 4.75. The highest BCUT2D eigenvalue weighted by atomic mass is 35.5. The molecule has 0 saturated heterocycles. The molecule has 0 atom stereocenters. The summed E-state index contributed by atoms with van der Waals surface area (Å²) in [6.45, 7) is 4.17. The van der Waals surface area contributed by atoms with E-state index in [1.54, 1.807) is 7.11 Å². The first kappa shape index (κ1) is 20.2. The van der Waals surface area contributed by atoms with Crippen molar-refractivity contribution in [1.82, 2.24) is 5.32 Å². The summed E-state index contributed by atoms with van der Waals surface area (Å²) in [5, 5.41) is 4.20. The minimum absolute atomic E-state index is 0.544. The summed E-state index contributed by atoms with van der Waals surface area (Å²) in [7, 11) is 1.70. The molecule has 0 unspecified atom stereocenters. The number of aryl methyl sites for hydroxylation is 1. The van der Waals surface area contributed by atoms with Crippen molar-refractivity contribution < 1.29 is 9.47 Å². The van der Waals surface area contributed by atoms with E-state index in [-0.39, 0.29) is 0 Å². The minimum Gasteiger partial charge on any atom is -0.496 e. The van der Waals surface area contributed by atoms with Crippen molar-refractivity contribution in [3.63, 3.8) is 0 Å². The van der Waals surface area contributed by atoms with Crippen molar-refractivity contribution >= 4 is 11.6 Å². The van der Waals surface area contributed by atoms with Gasteiger partial charge < -0.3 is 14.8 Å². The van der Waals surface area contributed by atoms with Crippen LogP contribution >= 0.6 is 11.6 Å². The van der Waals surface area contributed by atoms with Crippen LogP contribution < -0.4 is 14.8 Å². The maximum absolute atomic E-state index is 6.21. The van der Waals surface area contributed by atoms with E-state index in [2.05, 4.69) is 30.4 Å². The average Bonchev–Trinajstić information content (AvgIpc) is 2.72. The maximum atomic E-state index is 6.21. The highest BCUT2D eigenvalue weighted by Gasteiger charge is 2.07. The zero-order valence-corrected chi connectivity index (χ0v) is 17.1. The number of benzene rings is 3. The van der Waals surface area contributed by atoms with E-state index in [1.165, 1.54) is 16.7 Å². The lowest BCUT2D eigenvalue weighted by molar-refractivity contribution is 0.301. The summed E-state index contributed by atoms with van der Waals surface area (Å²) in [5.74, 6) is 1.78. The number of hydrogen-bond acceptors (Lipinski definition) is 3. The van der Waals surface area contributed by atoms with Gasteiger partial charge in [-0.2, -0.15) is 0 Å². The van der Waals surface area contributed by atoms with E-state index < -0.39 is 0 Å². The zero-order valence-electron chi connectivity index (χ0n) is 16.4. The molecule has 3 aromatic carbocycles. The Bertz CT molecular complexity index is 911. The van der Waals surface area contributed by atoms with E-state index >= 15 is 0 Å². The van der Waals surface area contributed by atoms with Crippen LogP contribution in [0.15, 0.2) is 66.7 Å². The highest BCUT2D eigenvalue weighted by molar-refractivity contribution is 6.30. The lowest BCUT2D eigenvalue weighted by Gasteiger charge is -2.14. The Labute approximate surface area is 172 Å².